The molecule has 0 aliphatic heterocycles. The second-order valence-corrected chi connectivity index (χ2v) is 3.91. The van der Waals surface area contributed by atoms with Crippen LogP contribution in [-0.4, -0.2) is 42.2 Å². The van der Waals surface area contributed by atoms with Crippen LogP contribution in [0.4, 0.5) is 10.5 Å². The first-order chi connectivity index (χ1) is 10.0. The molecule has 0 atom stereocenters. The molecule has 108 valence electrons. The first kappa shape index (κ1) is 15.9. The van der Waals surface area contributed by atoms with Gasteiger partial charge in [-0.05, 0) is 12.1 Å². The van der Waals surface area contributed by atoms with Crippen molar-refractivity contribution in [1.29, 1.82) is 5.26 Å². The first-order valence-corrected chi connectivity index (χ1v) is 5.81. The predicted octanol–water partition coefficient (Wildman–Crippen LogP) is 1.12. The predicted molar refractivity (Wildman–Crippen MR) is 74.8 cm³/mol. The molecule has 7 nitrogen and oxygen atoms in total. The molecule has 2 N–H and O–H groups in total. The summed E-state index contributed by atoms with van der Waals surface area (Å²) < 4.78 is 5.07. The number of terminal acetylenes is 1. The highest BCUT2D eigenvalue weighted by Crippen LogP contribution is 2.25. The average Bonchev–Trinajstić information content (AvgIpc) is 2.46. The highest BCUT2D eigenvalue weighted by Gasteiger charge is 2.17. The third-order valence-corrected chi connectivity index (χ3v) is 2.47. The zero-order chi connectivity index (χ0) is 15.8. The molecule has 1 aromatic carbocycles. The number of amides is 2. The van der Waals surface area contributed by atoms with Gasteiger partial charge in [0.05, 0.1) is 31.0 Å². The van der Waals surface area contributed by atoms with Crippen LogP contribution in [0.15, 0.2) is 18.2 Å². The minimum absolute atomic E-state index is 0.142. The van der Waals surface area contributed by atoms with E-state index in [4.69, 9.17) is 21.5 Å². The Kier molecular flexibility index (Phi) is 5.60. The summed E-state index contributed by atoms with van der Waals surface area (Å²) in [5.74, 6) is 1.33. The van der Waals surface area contributed by atoms with Crippen LogP contribution in [0.2, 0.25) is 0 Å². The van der Waals surface area contributed by atoms with Gasteiger partial charge in [0.25, 0.3) is 0 Å². The number of benzene rings is 1. The number of carbonyl (C=O) groups is 2. The van der Waals surface area contributed by atoms with Crippen LogP contribution in [0.3, 0.4) is 0 Å². The molecular formula is C14H13N3O4. The molecule has 0 aliphatic rings. The van der Waals surface area contributed by atoms with Crippen LogP contribution in [0.5, 0.6) is 5.75 Å². The van der Waals surface area contributed by atoms with E-state index in [1.54, 1.807) is 0 Å². The van der Waals surface area contributed by atoms with Crippen molar-refractivity contribution in [3.8, 4) is 24.2 Å². The number of nitriles is 1. The Bertz CT molecular complexity index is 628. The summed E-state index contributed by atoms with van der Waals surface area (Å²) in [5, 5.41) is 20.0. The largest absolute Gasteiger partial charge is 0.495 e. The van der Waals surface area contributed by atoms with Crippen molar-refractivity contribution in [2.45, 2.75) is 0 Å². The maximum atomic E-state index is 12.0. The highest BCUT2D eigenvalue weighted by molar-refractivity contribution is 5.93. The molecule has 0 saturated carbocycles. The number of urea groups is 1. The number of carboxylic acid groups (broad SMARTS) is 1. The summed E-state index contributed by atoms with van der Waals surface area (Å²) in [6, 6.07) is 5.72. The highest BCUT2D eigenvalue weighted by atomic mass is 16.5. The number of nitrogens with zero attached hydrogens (tertiary/aromatic N) is 2. The summed E-state index contributed by atoms with van der Waals surface area (Å²) in [4.78, 5) is 23.7. The van der Waals surface area contributed by atoms with E-state index in [9.17, 15) is 9.59 Å². The Morgan fingerprint density at radius 3 is 2.76 bits per heavy atom. The lowest BCUT2D eigenvalue weighted by molar-refractivity contribution is -0.137. The van der Waals surface area contributed by atoms with Gasteiger partial charge in [0, 0.05) is 6.07 Å². The first-order valence-electron chi connectivity index (χ1n) is 5.81. The second kappa shape index (κ2) is 7.41. The third-order valence-electron chi connectivity index (χ3n) is 2.47. The smallest absolute Gasteiger partial charge is 0.323 e. The summed E-state index contributed by atoms with van der Waals surface area (Å²) in [5.41, 5.74) is 0.685. The Balaban J connectivity index is 2.93. The van der Waals surface area contributed by atoms with Crippen LogP contribution in [0.1, 0.15) is 5.56 Å². The number of hydrogen-bond acceptors (Lipinski definition) is 4. The number of carbonyl (C=O) groups excluding carboxylic acids is 1. The van der Waals surface area contributed by atoms with E-state index in [0.29, 0.717) is 17.0 Å². The van der Waals surface area contributed by atoms with Gasteiger partial charge in [0.1, 0.15) is 12.3 Å². The normalized spacial score (nSPS) is 9.10. The number of carboxylic acids is 1. The lowest BCUT2D eigenvalue weighted by Gasteiger charge is -2.19. The molecule has 0 bridgehead atoms. The third kappa shape index (κ3) is 4.44. The molecule has 0 heterocycles. The van der Waals surface area contributed by atoms with Gasteiger partial charge in [0.2, 0.25) is 0 Å². The molecule has 0 fully saturated rings. The molecule has 0 unspecified atom stereocenters. The lowest BCUT2D eigenvalue weighted by Crippen LogP contribution is -2.39. The Morgan fingerprint density at radius 1 is 1.52 bits per heavy atom. The molecule has 0 saturated heterocycles. The molecule has 1 rings (SSSR count). The van der Waals surface area contributed by atoms with Crippen LogP contribution in [0.25, 0.3) is 0 Å². The van der Waals surface area contributed by atoms with E-state index in [-0.39, 0.29) is 6.54 Å². The van der Waals surface area contributed by atoms with E-state index in [1.165, 1.54) is 25.3 Å². The van der Waals surface area contributed by atoms with Crippen molar-refractivity contribution >= 4 is 17.7 Å². The van der Waals surface area contributed by atoms with Gasteiger partial charge in [-0.3, -0.25) is 4.79 Å². The van der Waals surface area contributed by atoms with Crippen molar-refractivity contribution in [3.05, 3.63) is 23.8 Å². The molecular weight excluding hydrogens is 274 g/mol. The van der Waals surface area contributed by atoms with E-state index < -0.39 is 18.5 Å². The van der Waals surface area contributed by atoms with Crippen molar-refractivity contribution in [2.75, 3.05) is 25.5 Å². The minimum atomic E-state index is -1.17. The van der Waals surface area contributed by atoms with Gasteiger partial charge in [-0.15, -0.1) is 6.42 Å². The molecule has 21 heavy (non-hydrogen) atoms. The van der Waals surface area contributed by atoms with Crippen molar-refractivity contribution < 1.29 is 19.4 Å². The molecule has 7 heteroatoms. The summed E-state index contributed by atoms with van der Waals surface area (Å²) in [6.07, 6.45) is 5.10. The summed E-state index contributed by atoms with van der Waals surface area (Å²) >= 11 is 0. The quantitative estimate of drug-likeness (QED) is 0.790. The number of ether oxygens (including phenoxy) is 1. The molecule has 2 amide bonds. The molecule has 1 aromatic rings. The van der Waals surface area contributed by atoms with Crippen molar-refractivity contribution in [3.63, 3.8) is 0 Å². The van der Waals surface area contributed by atoms with Gasteiger partial charge >= 0.3 is 12.0 Å². The number of anilines is 1. The van der Waals surface area contributed by atoms with Crippen LogP contribution in [-0.2, 0) is 4.79 Å². The topological polar surface area (TPSA) is 103 Å². The van der Waals surface area contributed by atoms with Gasteiger partial charge in [-0.25, -0.2) is 4.79 Å². The molecule has 0 radical (unpaired) electrons. The standard InChI is InChI=1S/C14H13N3O4/c1-3-6-17(9-13(18)19)14(20)16-11-5-4-10(8-15)7-12(11)21-2/h1,4-5,7H,6,9H2,2H3,(H,16,20)(H,18,19). The number of methoxy groups -OCH3 is 1. The Morgan fingerprint density at radius 2 is 2.24 bits per heavy atom. The Hall–Kier alpha value is -3.19. The van der Waals surface area contributed by atoms with Gasteiger partial charge in [0.15, 0.2) is 0 Å². The van der Waals surface area contributed by atoms with Gasteiger partial charge < -0.3 is 20.1 Å². The maximum absolute atomic E-state index is 12.0. The molecule has 0 spiro atoms. The second-order valence-electron chi connectivity index (χ2n) is 3.91. The monoisotopic (exact) mass is 287 g/mol. The van der Waals surface area contributed by atoms with E-state index in [0.717, 1.165) is 4.90 Å². The molecule has 0 aromatic heterocycles. The number of nitrogens with one attached hydrogen (secondary N) is 1. The fourth-order valence-electron chi connectivity index (χ4n) is 1.53. The number of aliphatic carboxylic acids is 1. The average molecular weight is 287 g/mol. The van der Waals surface area contributed by atoms with Gasteiger partial charge in [-0.2, -0.15) is 5.26 Å². The van der Waals surface area contributed by atoms with E-state index in [1.807, 2.05) is 6.07 Å². The fraction of sp³-hybridized carbons (Fsp3) is 0.214. The maximum Gasteiger partial charge on any atom is 0.323 e. The fourth-order valence-corrected chi connectivity index (χ4v) is 1.53. The summed E-state index contributed by atoms with van der Waals surface area (Å²) in [7, 11) is 1.39. The SMILES string of the molecule is C#CCN(CC(=O)O)C(=O)Nc1ccc(C#N)cc1OC. The van der Waals surface area contributed by atoms with Crippen LogP contribution >= 0.6 is 0 Å². The van der Waals surface area contributed by atoms with Gasteiger partial charge in [-0.1, -0.05) is 5.92 Å². The van der Waals surface area contributed by atoms with Crippen molar-refractivity contribution in [2.24, 2.45) is 0 Å². The lowest BCUT2D eigenvalue weighted by atomic mass is 10.2. The van der Waals surface area contributed by atoms with Crippen LogP contribution < -0.4 is 10.1 Å². The Labute approximate surface area is 121 Å². The van der Waals surface area contributed by atoms with Crippen LogP contribution in [0, 0.1) is 23.7 Å². The van der Waals surface area contributed by atoms with Crippen molar-refractivity contribution in [1.82, 2.24) is 4.90 Å². The van der Waals surface area contributed by atoms with E-state index >= 15 is 0 Å². The number of rotatable bonds is 5. The zero-order valence-corrected chi connectivity index (χ0v) is 11.3. The number of hydrogen-bond donors (Lipinski definition) is 2. The zero-order valence-electron chi connectivity index (χ0n) is 11.3. The summed E-state index contributed by atoms with van der Waals surface area (Å²) in [6.45, 7) is -0.661. The minimum Gasteiger partial charge on any atom is -0.495 e. The molecule has 0 aliphatic carbocycles. The van der Waals surface area contributed by atoms with E-state index in [2.05, 4.69) is 11.2 Å².